The molecule has 4 rings (SSSR count). The van der Waals surface area contributed by atoms with E-state index in [9.17, 15) is 14.4 Å². The van der Waals surface area contributed by atoms with Crippen LogP contribution >= 0.6 is 0 Å². The van der Waals surface area contributed by atoms with Crippen molar-refractivity contribution in [1.82, 2.24) is 5.32 Å². The molecule has 3 aromatic carbocycles. The van der Waals surface area contributed by atoms with E-state index in [0.29, 0.717) is 22.7 Å². The number of urea groups is 1. The summed E-state index contributed by atoms with van der Waals surface area (Å²) < 4.78 is 0. The summed E-state index contributed by atoms with van der Waals surface area (Å²) in [6.07, 6.45) is 0. The molecule has 0 fully saturated rings. The number of para-hydroxylation sites is 4. The van der Waals surface area contributed by atoms with Gasteiger partial charge in [0.2, 0.25) is 0 Å². The number of hydrogen-bond acceptors (Lipinski definition) is 3. The molecule has 0 aliphatic carbocycles. The minimum atomic E-state index is -1.38. The Hall–Kier alpha value is -4.13. The number of rotatable bonds is 3. The fourth-order valence-electron chi connectivity index (χ4n) is 3.39. The molecule has 1 heterocycles. The molecule has 1 atom stereocenters. The van der Waals surface area contributed by atoms with Gasteiger partial charge in [-0.05, 0) is 36.4 Å². The van der Waals surface area contributed by atoms with Crippen LogP contribution in [0.5, 0.6) is 0 Å². The first-order valence-electron chi connectivity index (χ1n) is 9.44. The van der Waals surface area contributed by atoms with Crippen molar-refractivity contribution in [1.29, 1.82) is 0 Å². The molecule has 3 aromatic rings. The summed E-state index contributed by atoms with van der Waals surface area (Å²) in [7, 11) is 1.59. The molecule has 7 heteroatoms. The standard InChI is InChI=1S/C23H20N4O3/c1-26-18-14-8-9-15-19(18)27(17-12-6-3-7-13-17)22(29)20(21(26)28)25-23(30)24-16-10-4-2-5-11-16/h2-15,20H,1H3,(H2,24,25,30). The van der Waals surface area contributed by atoms with E-state index in [1.165, 1.54) is 9.80 Å². The van der Waals surface area contributed by atoms with Crippen LogP contribution in [-0.4, -0.2) is 30.9 Å². The third-order valence-electron chi connectivity index (χ3n) is 4.85. The highest BCUT2D eigenvalue weighted by Gasteiger charge is 2.40. The number of likely N-dealkylation sites (N-methyl/N-ethyl adjacent to an activating group) is 1. The molecule has 0 bridgehead atoms. The smallest absolute Gasteiger partial charge is 0.318 e. The third-order valence-corrected chi connectivity index (χ3v) is 4.85. The Morgan fingerprint density at radius 2 is 1.33 bits per heavy atom. The van der Waals surface area contributed by atoms with Crippen LogP contribution in [0.3, 0.4) is 0 Å². The molecule has 4 amide bonds. The van der Waals surface area contributed by atoms with E-state index >= 15 is 0 Å². The fourth-order valence-corrected chi connectivity index (χ4v) is 3.39. The van der Waals surface area contributed by atoms with Crippen LogP contribution in [0.4, 0.5) is 27.5 Å². The molecule has 0 spiro atoms. The Balaban J connectivity index is 1.70. The van der Waals surface area contributed by atoms with Crippen molar-refractivity contribution < 1.29 is 14.4 Å². The lowest BCUT2D eigenvalue weighted by Crippen LogP contribution is -2.55. The summed E-state index contributed by atoms with van der Waals surface area (Å²) in [5, 5.41) is 5.19. The Morgan fingerprint density at radius 1 is 0.767 bits per heavy atom. The third kappa shape index (κ3) is 3.60. The number of carbonyl (C=O) groups is 3. The van der Waals surface area contributed by atoms with Gasteiger partial charge < -0.3 is 15.5 Å². The summed E-state index contributed by atoms with van der Waals surface area (Å²) in [5.74, 6) is -1.06. The molecule has 7 nitrogen and oxygen atoms in total. The normalized spacial score (nSPS) is 16.0. The molecular formula is C23H20N4O3. The molecular weight excluding hydrogens is 380 g/mol. The summed E-state index contributed by atoms with van der Waals surface area (Å²) >= 11 is 0. The lowest BCUT2D eigenvalue weighted by Gasteiger charge is -2.25. The highest BCUT2D eigenvalue weighted by molar-refractivity contribution is 6.23. The molecule has 0 radical (unpaired) electrons. The lowest BCUT2D eigenvalue weighted by molar-refractivity contribution is -0.128. The predicted molar refractivity (Wildman–Crippen MR) is 116 cm³/mol. The zero-order valence-electron chi connectivity index (χ0n) is 16.3. The lowest BCUT2D eigenvalue weighted by atomic mass is 10.2. The molecule has 0 saturated heterocycles. The minimum Gasteiger partial charge on any atom is -0.318 e. The van der Waals surface area contributed by atoms with Crippen molar-refractivity contribution in [3.8, 4) is 0 Å². The molecule has 0 saturated carbocycles. The number of benzene rings is 3. The first-order valence-corrected chi connectivity index (χ1v) is 9.44. The maximum absolute atomic E-state index is 13.5. The van der Waals surface area contributed by atoms with Crippen molar-refractivity contribution in [2.45, 2.75) is 6.04 Å². The van der Waals surface area contributed by atoms with Gasteiger partial charge in [0, 0.05) is 18.4 Å². The van der Waals surface area contributed by atoms with Gasteiger partial charge in [-0.2, -0.15) is 0 Å². The predicted octanol–water partition coefficient (Wildman–Crippen LogP) is 3.52. The van der Waals surface area contributed by atoms with Crippen LogP contribution in [0.1, 0.15) is 0 Å². The van der Waals surface area contributed by atoms with Gasteiger partial charge in [-0.15, -0.1) is 0 Å². The van der Waals surface area contributed by atoms with Gasteiger partial charge in [0.1, 0.15) is 0 Å². The number of nitrogens with one attached hydrogen (secondary N) is 2. The number of hydrogen-bond donors (Lipinski definition) is 2. The second-order valence-electron chi connectivity index (χ2n) is 6.79. The van der Waals surface area contributed by atoms with Gasteiger partial charge in [0.25, 0.3) is 11.8 Å². The van der Waals surface area contributed by atoms with Gasteiger partial charge in [-0.1, -0.05) is 48.5 Å². The molecule has 2 N–H and O–H groups in total. The Labute approximate surface area is 173 Å². The molecule has 0 aromatic heterocycles. The number of carbonyl (C=O) groups excluding carboxylic acids is 3. The molecule has 1 aliphatic rings. The van der Waals surface area contributed by atoms with Crippen LogP contribution in [-0.2, 0) is 9.59 Å². The van der Waals surface area contributed by atoms with E-state index in [0.717, 1.165) is 0 Å². The summed E-state index contributed by atoms with van der Waals surface area (Å²) in [5.41, 5.74) is 2.30. The van der Waals surface area contributed by atoms with Crippen molar-refractivity contribution in [3.05, 3.63) is 84.9 Å². The zero-order valence-corrected chi connectivity index (χ0v) is 16.3. The first kappa shape index (κ1) is 19.2. The second kappa shape index (κ2) is 8.08. The highest BCUT2D eigenvalue weighted by Crippen LogP contribution is 2.37. The van der Waals surface area contributed by atoms with Crippen molar-refractivity contribution in [3.63, 3.8) is 0 Å². The van der Waals surface area contributed by atoms with E-state index in [2.05, 4.69) is 10.6 Å². The Morgan fingerprint density at radius 3 is 2.00 bits per heavy atom. The SMILES string of the molecule is CN1C(=O)C(NC(=O)Nc2ccccc2)C(=O)N(c2ccccc2)c2ccccc21. The molecule has 30 heavy (non-hydrogen) atoms. The largest absolute Gasteiger partial charge is 0.320 e. The monoisotopic (exact) mass is 400 g/mol. The van der Waals surface area contributed by atoms with Crippen LogP contribution in [0.15, 0.2) is 84.9 Å². The van der Waals surface area contributed by atoms with E-state index in [-0.39, 0.29) is 0 Å². The summed E-state index contributed by atoms with van der Waals surface area (Å²) in [6.45, 7) is 0. The van der Waals surface area contributed by atoms with Gasteiger partial charge in [-0.3, -0.25) is 14.5 Å². The number of fused-ring (bicyclic) bond motifs is 1. The topological polar surface area (TPSA) is 81.8 Å². The molecule has 150 valence electrons. The molecule has 1 unspecified atom stereocenters. The maximum Gasteiger partial charge on any atom is 0.320 e. The van der Waals surface area contributed by atoms with Crippen molar-refractivity contribution >= 4 is 40.6 Å². The van der Waals surface area contributed by atoms with Crippen LogP contribution in [0.25, 0.3) is 0 Å². The first-order chi connectivity index (χ1) is 14.6. The van der Waals surface area contributed by atoms with Gasteiger partial charge in [0.15, 0.2) is 6.04 Å². The van der Waals surface area contributed by atoms with Crippen LogP contribution in [0, 0.1) is 0 Å². The molecule has 1 aliphatic heterocycles. The van der Waals surface area contributed by atoms with E-state index in [1.54, 1.807) is 67.7 Å². The number of amides is 4. The zero-order chi connectivity index (χ0) is 21.1. The fraction of sp³-hybridized carbons (Fsp3) is 0.0870. The van der Waals surface area contributed by atoms with E-state index in [1.807, 2.05) is 24.3 Å². The van der Waals surface area contributed by atoms with Crippen LogP contribution < -0.4 is 20.4 Å². The number of nitrogens with zero attached hydrogens (tertiary/aromatic N) is 2. The average molecular weight is 400 g/mol. The van der Waals surface area contributed by atoms with E-state index < -0.39 is 23.9 Å². The number of anilines is 4. The summed E-state index contributed by atoms with van der Waals surface area (Å²) in [6, 6.07) is 23.0. The van der Waals surface area contributed by atoms with Gasteiger partial charge in [-0.25, -0.2) is 4.79 Å². The minimum absolute atomic E-state index is 0.519. The summed E-state index contributed by atoms with van der Waals surface area (Å²) in [4.78, 5) is 42.0. The Bertz CT molecular complexity index is 1090. The average Bonchev–Trinajstić information content (AvgIpc) is 2.85. The van der Waals surface area contributed by atoms with Crippen molar-refractivity contribution in [2.24, 2.45) is 0 Å². The maximum atomic E-state index is 13.5. The van der Waals surface area contributed by atoms with Gasteiger partial charge in [0.05, 0.1) is 11.4 Å². The van der Waals surface area contributed by atoms with Crippen LogP contribution in [0.2, 0.25) is 0 Å². The van der Waals surface area contributed by atoms with E-state index in [4.69, 9.17) is 0 Å². The Kier molecular flexibility index (Phi) is 5.17. The van der Waals surface area contributed by atoms with Crippen molar-refractivity contribution in [2.75, 3.05) is 22.2 Å². The quantitative estimate of drug-likeness (QED) is 0.660. The van der Waals surface area contributed by atoms with Gasteiger partial charge >= 0.3 is 6.03 Å². The second-order valence-corrected chi connectivity index (χ2v) is 6.79. The highest BCUT2D eigenvalue weighted by atomic mass is 16.2.